The predicted molar refractivity (Wildman–Crippen MR) is 121 cm³/mol. The van der Waals surface area contributed by atoms with E-state index < -0.39 is 0 Å². The molecule has 1 aliphatic rings. The van der Waals surface area contributed by atoms with Gasteiger partial charge in [-0.1, -0.05) is 29.8 Å². The first-order valence-corrected chi connectivity index (χ1v) is 10.8. The number of aryl methyl sites for hydroxylation is 2. The maximum atomic E-state index is 6.62. The molecule has 0 spiro atoms. The quantitative estimate of drug-likeness (QED) is 0.451. The number of fused-ring (bicyclic) bond motifs is 3. The molecule has 1 aromatic carbocycles. The van der Waals surface area contributed by atoms with Crippen LogP contribution in [0.25, 0.3) is 5.00 Å². The molecule has 6 nitrogen and oxygen atoms in total. The molecule has 0 N–H and O–H groups in total. The van der Waals surface area contributed by atoms with Crippen molar-refractivity contribution in [3.05, 3.63) is 86.8 Å². The van der Waals surface area contributed by atoms with Crippen molar-refractivity contribution < 1.29 is 0 Å². The number of hydrazone groups is 1. The summed E-state index contributed by atoms with van der Waals surface area (Å²) in [4.78, 5) is 5.36. The lowest BCUT2D eigenvalue weighted by Crippen LogP contribution is -2.20. The molecule has 0 amide bonds. The van der Waals surface area contributed by atoms with Crippen LogP contribution in [0.15, 0.2) is 53.9 Å². The summed E-state index contributed by atoms with van der Waals surface area (Å²) in [5.74, 6) is 1.51. The van der Waals surface area contributed by atoms with Gasteiger partial charge in [0.05, 0.1) is 11.6 Å². The molecule has 0 atom stereocenters. The summed E-state index contributed by atoms with van der Waals surface area (Å²) in [5.41, 5.74) is 5.09. The SMILES string of the molecule is Cc1sc2c(c1C)C(c1ccccc1Cl)=NN(Cc1ccncc1)c1nnc(C)n1-2. The van der Waals surface area contributed by atoms with E-state index >= 15 is 0 Å². The lowest BCUT2D eigenvalue weighted by molar-refractivity contribution is 0.797. The molecule has 0 fully saturated rings. The van der Waals surface area contributed by atoms with E-state index in [9.17, 15) is 0 Å². The average molecular weight is 435 g/mol. The number of pyridine rings is 1. The zero-order chi connectivity index (χ0) is 20.8. The van der Waals surface area contributed by atoms with Gasteiger partial charge >= 0.3 is 0 Å². The third kappa shape index (κ3) is 3.02. The van der Waals surface area contributed by atoms with E-state index in [0.29, 0.717) is 17.5 Å². The smallest absolute Gasteiger partial charge is 0.253 e. The minimum absolute atomic E-state index is 0.543. The van der Waals surface area contributed by atoms with Crippen LogP contribution in [0.5, 0.6) is 0 Å². The lowest BCUT2D eigenvalue weighted by atomic mass is 10.00. The van der Waals surface area contributed by atoms with Crippen molar-refractivity contribution in [2.24, 2.45) is 5.10 Å². The highest BCUT2D eigenvalue weighted by molar-refractivity contribution is 7.15. The van der Waals surface area contributed by atoms with E-state index in [0.717, 1.165) is 33.2 Å². The molecule has 30 heavy (non-hydrogen) atoms. The van der Waals surface area contributed by atoms with Crippen molar-refractivity contribution in [2.45, 2.75) is 27.3 Å². The van der Waals surface area contributed by atoms with E-state index in [1.165, 1.54) is 10.4 Å². The number of halogens is 1. The highest BCUT2D eigenvalue weighted by Gasteiger charge is 2.30. The van der Waals surface area contributed by atoms with Crippen LogP contribution < -0.4 is 5.01 Å². The predicted octanol–water partition coefficient (Wildman–Crippen LogP) is 5.08. The summed E-state index contributed by atoms with van der Waals surface area (Å²) in [6, 6.07) is 11.8. The molecule has 1 aliphatic heterocycles. The second kappa shape index (κ2) is 7.34. The van der Waals surface area contributed by atoms with Crippen LogP contribution in [0.2, 0.25) is 5.02 Å². The molecule has 0 bridgehead atoms. The third-order valence-corrected chi connectivity index (χ3v) is 6.80. The first-order chi connectivity index (χ1) is 14.5. The molecule has 8 heteroatoms. The third-order valence-electron chi connectivity index (χ3n) is 5.28. The summed E-state index contributed by atoms with van der Waals surface area (Å²) in [6.07, 6.45) is 3.57. The number of hydrogen-bond donors (Lipinski definition) is 0. The van der Waals surface area contributed by atoms with Crippen molar-refractivity contribution in [3.63, 3.8) is 0 Å². The summed E-state index contributed by atoms with van der Waals surface area (Å²) in [7, 11) is 0. The van der Waals surface area contributed by atoms with Gasteiger partial charge < -0.3 is 0 Å². The Balaban J connectivity index is 1.79. The van der Waals surface area contributed by atoms with E-state index in [1.807, 2.05) is 48.3 Å². The Hall–Kier alpha value is -3.03. The van der Waals surface area contributed by atoms with Gasteiger partial charge in [-0.25, -0.2) is 5.01 Å². The Bertz CT molecular complexity index is 1270. The summed E-state index contributed by atoms with van der Waals surface area (Å²) in [5, 5.41) is 17.6. The lowest BCUT2D eigenvalue weighted by Gasteiger charge is -2.18. The van der Waals surface area contributed by atoms with Gasteiger partial charge in [0.15, 0.2) is 0 Å². The highest BCUT2D eigenvalue weighted by Crippen LogP contribution is 2.39. The van der Waals surface area contributed by atoms with Crippen molar-refractivity contribution in [2.75, 3.05) is 5.01 Å². The van der Waals surface area contributed by atoms with Gasteiger partial charge in [0.1, 0.15) is 16.5 Å². The van der Waals surface area contributed by atoms with Gasteiger partial charge in [-0.05, 0) is 50.1 Å². The van der Waals surface area contributed by atoms with Gasteiger partial charge in [0.25, 0.3) is 5.95 Å². The number of thiophene rings is 1. The van der Waals surface area contributed by atoms with Crippen LogP contribution in [-0.4, -0.2) is 25.5 Å². The van der Waals surface area contributed by atoms with E-state index in [4.69, 9.17) is 16.7 Å². The number of nitrogens with zero attached hydrogens (tertiary/aromatic N) is 6. The molecule has 0 unspecified atom stereocenters. The van der Waals surface area contributed by atoms with Crippen molar-refractivity contribution in [3.8, 4) is 5.00 Å². The second-order valence-corrected chi connectivity index (χ2v) is 8.80. The standard InChI is InChI=1S/C22H19ClN6S/c1-13-14(2)30-21-19(13)20(17-6-4-5-7-18(17)23)27-28(12-16-8-10-24-11-9-16)22-26-25-15(3)29(21)22/h4-11H,12H2,1-3H3. The van der Waals surface area contributed by atoms with Crippen LogP contribution in [0.4, 0.5) is 5.95 Å². The zero-order valence-corrected chi connectivity index (χ0v) is 18.4. The Morgan fingerprint density at radius 3 is 2.53 bits per heavy atom. The number of benzene rings is 1. The maximum absolute atomic E-state index is 6.62. The minimum atomic E-state index is 0.543. The monoisotopic (exact) mass is 434 g/mol. The normalized spacial score (nSPS) is 12.9. The van der Waals surface area contributed by atoms with E-state index in [2.05, 4.69) is 33.6 Å². The number of anilines is 1. The van der Waals surface area contributed by atoms with Crippen molar-refractivity contribution in [1.82, 2.24) is 19.7 Å². The fourth-order valence-electron chi connectivity index (χ4n) is 3.63. The highest BCUT2D eigenvalue weighted by atomic mass is 35.5. The van der Waals surface area contributed by atoms with Crippen LogP contribution in [0.1, 0.15) is 33.0 Å². The molecule has 4 heterocycles. The largest absolute Gasteiger partial charge is 0.265 e. The average Bonchev–Trinajstić information content (AvgIpc) is 3.22. The van der Waals surface area contributed by atoms with Gasteiger partial charge in [-0.2, -0.15) is 5.10 Å². The Morgan fingerprint density at radius 1 is 1.00 bits per heavy atom. The maximum Gasteiger partial charge on any atom is 0.253 e. The fraction of sp³-hybridized carbons (Fsp3) is 0.182. The molecule has 150 valence electrons. The first kappa shape index (κ1) is 19.0. The van der Waals surface area contributed by atoms with E-state index in [1.54, 1.807) is 23.7 Å². The second-order valence-electron chi connectivity index (χ2n) is 7.19. The van der Waals surface area contributed by atoms with E-state index in [-0.39, 0.29) is 0 Å². The molecular weight excluding hydrogens is 416 g/mol. The van der Waals surface area contributed by atoms with Gasteiger partial charge in [0, 0.05) is 28.4 Å². The fourth-order valence-corrected chi connectivity index (χ4v) is 5.05. The molecule has 0 saturated heterocycles. The molecule has 0 saturated carbocycles. The van der Waals surface area contributed by atoms with Gasteiger partial charge in [0.2, 0.25) is 0 Å². The number of aromatic nitrogens is 4. The number of rotatable bonds is 3. The molecule has 3 aromatic heterocycles. The summed E-state index contributed by atoms with van der Waals surface area (Å²) >= 11 is 8.35. The Morgan fingerprint density at radius 2 is 1.77 bits per heavy atom. The molecular formula is C22H19ClN6S. The van der Waals surface area contributed by atoms with Crippen LogP contribution in [-0.2, 0) is 6.54 Å². The Kier molecular flexibility index (Phi) is 4.64. The van der Waals surface area contributed by atoms with Crippen LogP contribution >= 0.6 is 22.9 Å². The first-order valence-electron chi connectivity index (χ1n) is 9.57. The topological polar surface area (TPSA) is 59.2 Å². The van der Waals surface area contributed by atoms with Gasteiger partial charge in [-0.15, -0.1) is 21.5 Å². The molecule has 0 aliphatic carbocycles. The molecule has 5 rings (SSSR count). The minimum Gasteiger partial charge on any atom is -0.265 e. The summed E-state index contributed by atoms with van der Waals surface area (Å²) < 4.78 is 2.09. The van der Waals surface area contributed by atoms with Crippen LogP contribution in [0, 0.1) is 20.8 Å². The molecule has 4 aromatic rings. The summed E-state index contributed by atoms with van der Waals surface area (Å²) in [6.45, 7) is 6.78. The zero-order valence-electron chi connectivity index (χ0n) is 16.8. The van der Waals surface area contributed by atoms with Gasteiger partial charge in [-0.3, -0.25) is 9.55 Å². The Labute approximate surface area is 183 Å². The van der Waals surface area contributed by atoms with Crippen LogP contribution in [0.3, 0.4) is 0 Å². The number of hydrogen-bond acceptors (Lipinski definition) is 6. The van der Waals surface area contributed by atoms with Crippen molar-refractivity contribution >= 4 is 34.6 Å². The van der Waals surface area contributed by atoms with Crippen molar-refractivity contribution in [1.29, 1.82) is 0 Å². The molecule has 0 radical (unpaired) electrons.